The number of nitrogens with two attached hydrogens (primary N) is 1. The Labute approximate surface area is 171 Å². The quantitative estimate of drug-likeness (QED) is 0.665. The Kier molecular flexibility index (Phi) is 6.37. The number of hydrogen-bond acceptors (Lipinski definition) is 8. The van der Waals surface area contributed by atoms with Gasteiger partial charge in [0.1, 0.15) is 12.1 Å². The third-order valence-corrected chi connectivity index (χ3v) is 5.99. The lowest BCUT2D eigenvalue weighted by molar-refractivity contribution is -0.272. The zero-order valence-electron chi connectivity index (χ0n) is 17.8. The molecule has 2 aromatic heterocycles. The molecule has 0 spiro atoms. The molecule has 1 atom stereocenters. The van der Waals surface area contributed by atoms with Crippen LogP contribution in [-0.2, 0) is 6.54 Å². The van der Waals surface area contributed by atoms with Crippen LogP contribution in [0.15, 0.2) is 6.33 Å². The van der Waals surface area contributed by atoms with Crippen molar-refractivity contribution in [2.75, 3.05) is 12.3 Å². The molecule has 2 aromatic rings. The van der Waals surface area contributed by atoms with Gasteiger partial charge in [-0.2, -0.15) is 15.2 Å². The summed E-state index contributed by atoms with van der Waals surface area (Å²) in [7, 11) is -1.28. The van der Waals surface area contributed by atoms with Crippen LogP contribution in [0.25, 0.3) is 11.2 Å². The van der Waals surface area contributed by atoms with Crippen molar-refractivity contribution in [1.29, 1.82) is 5.26 Å². The molecule has 0 aliphatic rings. The maximum Gasteiger partial charge on any atom is 0.247 e. The first-order chi connectivity index (χ1) is 13.3. The number of nitrogens with zero attached hydrogens (tertiary/aromatic N) is 6. The zero-order valence-corrected chi connectivity index (χ0v) is 18.8. The summed E-state index contributed by atoms with van der Waals surface area (Å²) in [5, 5.41) is 21.2. The van der Waals surface area contributed by atoms with Crippen molar-refractivity contribution in [3.8, 4) is 11.9 Å². The van der Waals surface area contributed by atoms with E-state index in [2.05, 4.69) is 34.6 Å². The predicted molar refractivity (Wildman–Crippen MR) is 110 cm³/mol. The van der Waals surface area contributed by atoms with E-state index in [1.165, 1.54) is 6.33 Å². The number of carbonyl (C=O) groups excluding carboxylic acids is 1. The van der Waals surface area contributed by atoms with Crippen molar-refractivity contribution >= 4 is 31.3 Å². The number of amides is 1. The van der Waals surface area contributed by atoms with Gasteiger partial charge in [-0.25, -0.2) is 4.98 Å². The molecule has 0 bridgehead atoms. The summed E-state index contributed by atoms with van der Waals surface area (Å²) >= 11 is 0. The summed E-state index contributed by atoms with van der Waals surface area (Å²) < 4.78 is 7.39. The predicted octanol–water partition coefficient (Wildman–Crippen LogP) is 1.46. The molecule has 2 rings (SSSR count). The molecule has 0 radical (unpaired) electrons. The molecule has 11 heteroatoms. The number of hydrogen-bond donors (Lipinski definition) is 1. The second-order valence-corrected chi connectivity index (χ2v) is 14.7. The summed E-state index contributed by atoms with van der Waals surface area (Å²) in [5.41, 5.74) is 5.83. The molecular weight excluding hydrogens is 390 g/mol. The fourth-order valence-corrected chi connectivity index (χ4v) is 3.57. The second-order valence-electron chi connectivity index (χ2n) is 9.07. The number of aromatic nitrogens is 4. The number of nitrogen functional groups attached to an aromatic ring is 1. The first-order valence-electron chi connectivity index (χ1n) is 9.34. The summed E-state index contributed by atoms with van der Waals surface area (Å²) in [6, 6.07) is 1.98. The Balaban J connectivity index is 2.35. The van der Waals surface area contributed by atoms with Crippen molar-refractivity contribution < 1.29 is 14.6 Å². The fraction of sp³-hybridized carbons (Fsp3) is 0.611. The van der Waals surface area contributed by atoms with Gasteiger partial charge in [0.15, 0.2) is 11.2 Å². The van der Waals surface area contributed by atoms with Crippen LogP contribution in [-0.4, -0.2) is 56.8 Å². The highest BCUT2D eigenvalue weighted by molar-refractivity contribution is 6.76. The number of anilines is 1. The molecule has 0 aromatic carbocycles. The van der Waals surface area contributed by atoms with Gasteiger partial charge in [0.2, 0.25) is 11.8 Å². The van der Waals surface area contributed by atoms with Crippen LogP contribution in [0, 0.1) is 11.3 Å². The van der Waals surface area contributed by atoms with E-state index < -0.39 is 25.7 Å². The van der Waals surface area contributed by atoms with Crippen LogP contribution in [0.2, 0.25) is 25.7 Å². The number of nitriles is 1. The van der Waals surface area contributed by atoms with Crippen molar-refractivity contribution in [2.24, 2.45) is 0 Å². The standard InChI is InChI=1S/C18H29N7O3Si/c1-18(2,3)25(17(26)27)12(9-19)10-24-11-21-13-14(24)22-16(20)23-15(13)28-7-8-29(4,5)6/h11-12H,7-8,10H2,1-6H3,(H,26,27)(H2,20,22,23)/p-1. The van der Waals surface area contributed by atoms with Crippen LogP contribution in [0.5, 0.6) is 5.88 Å². The third-order valence-electron chi connectivity index (χ3n) is 4.29. The van der Waals surface area contributed by atoms with E-state index >= 15 is 0 Å². The van der Waals surface area contributed by atoms with Crippen LogP contribution in [0.4, 0.5) is 10.7 Å². The molecule has 10 nitrogen and oxygen atoms in total. The van der Waals surface area contributed by atoms with Crippen LogP contribution < -0.4 is 15.6 Å². The molecule has 0 fully saturated rings. The van der Waals surface area contributed by atoms with Gasteiger partial charge in [0.25, 0.3) is 0 Å². The highest BCUT2D eigenvalue weighted by Gasteiger charge is 2.30. The molecule has 0 saturated carbocycles. The Morgan fingerprint density at radius 3 is 2.59 bits per heavy atom. The lowest BCUT2D eigenvalue weighted by atomic mass is 10.0. The fourth-order valence-electron chi connectivity index (χ4n) is 2.86. The van der Waals surface area contributed by atoms with Crippen molar-refractivity contribution in [3.63, 3.8) is 0 Å². The van der Waals surface area contributed by atoms with Gasteiger partial charge in [-0.15, -0.1) is 0 Å². The second kappa shape index (κ2) is 8.24. The molecule has 1 amide bonds. The maximum absolute atomic E-state index is 11.6. The average molecular weight is 419 g/mol. The van der Waals surface area contributed by atoms with Crippen molar-refractivity contribution in [3.05, 3.63) is 6.33 Å². The van der Waals surface area contributed by atoms with Crippen LogP contribution in [0.3, 0.4) is 0 Å². The van der Waals surface area contributed by atoms with Gasteiger partial charge in [-0.05, 0) is 26.8 Å². The van der Waals surface area contributed by atoms with Crippen LogP contribution >= 0.6 is 0 Å². The van der Waals surface area contributed by atoms with E-state index in [9.17, 15) is 15.2 Å². The van der Waals surface area contributed by atoms with E-state index in [0.717, 1.165) is 10.9 Å². The highest BCUT2D eigenvalue weighted by atomic mass is 28.3. The summed E-state index contributed by atoms with van der Waals surface area (Å²) in [5.74, 6) is 0.300. The average Bonchev–Trinajstić information content (AvgIpc) is 2.94. The lowest BCUT2D eigenvalue weighted by Gasteiger charge is -2.40. The normalized spacial score (nSPS) is 13.1. The van der Waals surface area contributed by atoms with E-state index in [0.29, 0.717) is 17.8 Å². The molecular formula is C18H28N7O3Si-. The van der Waals surface area contributed by atoms with E-state index in [1.54, 1.807) is 25.3 Å². The minimum Gasteiger partial charge on any atom is -0.530 e. The summed E-state index contributed by atoms with van der Waals surface area (Å²) in [4.78, 5) is 25.3. The first-order valence-corrected chi connectivity index (χ1v) is 13.1. The Hall–Kier alpha value is -2.87. The van der Waals surface area contributed by atoms with Gasteiger partial charge < -0.3 is 29.8 Å². The Bertz CT molecular complexity index is 924. The number of ether oxygens (including phenoxy) is 1. The van der Waals surface area contributed by atoms with Gasteiger partial charge in [0, 0.05) is 13.6 Å². The number of carboxylic acid groups (broad SMARTS) is 1. The maximum atomic E-state index is 11.6. The topological polar surface area (TPSA) is 146 Å². The van der Waals surface area contributed by atoms with Crippen molar-refractivity contribution in [1.82, 2.24) is 24.4 Å². The molecule has 158 valence electrons. The van der Waals surface area contributed by atoms with Crippen LogP contribution in [0.1, 0.15) is 20.8 Å². The largest absolute Gasteiger partial charge is 0.530 e. The highest BCUT2D eigenvalue weighted by Crippen LogP contribution is 2.24. The molecule has 0 saturated heterocycles. The third kappa shape index (κ3) is 5.57. The molecule has 2 heterocycles. The Morgan fingerprint density at radius 1 is 1.41 bits per heavy atom. The monoisotopic (exact) mass is 418 g/mol. The van der Waals surface area contributed by atoms with E-state index in [4.69, 9.17) is 10.5 Å². The minimum atomic E-state index is -1.42. The lowest BCUT2D eigenvalue weighted by Crippen LogP contribution is -2.57. The number of rotatable bonds is 7. The number of imidazole rings is 1. The zero-order chi connectivity index (χ0) is 22.0. The van der Waals surface area contributed by atoms with Gasteiger partial charge in [0.05, 0.1) is 25.5 Å². The molecule has 0 aliphatic heterocycles. The SMILES string of the molecule is CC(C)(C)N(C(=O)[O-])C(C#N)Cn1cnc2c(OCC[Si](C)(C)C)nc(N)nc21. The van der Waals surface area contributed by atoms with Gasteiger partial charge in [-0.3, -0.25) is 0 Å². The number of fused-ring (bicyclic) bond motifs is 1. The van der Waals surface area contributed by atoms with Gasteiger partial charge >= 0.3 is 0 Å². The Morgan fingerprint density at radius 2 is 2.07 bits per heavy atom. The molecule has 2 N–H and O–H groups in total. The summed E-state index contributed by atoms with van der Waals surface area (Å²) in [6.07, 6.45) is 0.0583. The number of carbonyl (C=O) groups is 1. The van der Waals surface area contributed by atoms with E-state index in [1.807, 2.05) is 6.07 Å². The van der Waals surface area contributed by atoms with Gasteiger partial charge in [-0.1, -0.05) is 19.6 Å². The minimum absolute atomic E-state index is 0.0169. The summed E-state index contributed by atoms with van der Waals surface area (Å²) in [6.45, 7) is 12.3. The molecule has 1 unspecified atom stereocenters. The van der Waals surface area contributed by atoms with E-state index in [-0.39, 0.29) is 18.4 Å². The smallest absolute Gasteiger partial charge is 0.247 e. The molecule has 0 aliphatic carbocycles. The molecule has 29 heavy (non-hydrogen) atoms. The first kappa shape index (κ1) is 22.4. The van der Waals surface area contributed by atoms with Crippen molar-refractivity contribution in [2.45, 2.75) is 64.6 Å².